The van der Waals surface area contributed by atoms with Crippen molar-refractivity contribution in [1.82, 2.24) is 23.5 Å². The van der Waals surface area contributed by atoms with Crippen LogP contribution in [-0.2, 0) is 0 Å². The molecule has 5 aromatic heterocycles. The van der Waals surface area contributed by atoms with Crippen LogP contribution in [0.3, 0.4) is 0 Å². The molecule has 0 aliphatic carbocycles. The summed E-state index contributed by atoms with van der Waals surface area (Å²) in [6.07, 6.45) is 7.85. The molecule has 5 heterocycles. The van der Waals surface area contributed by atoms with Crippen molar-refractivity contribution < 1.29 is 0 Å². The third-order valence-electron chi connectivity index (χ3n) is 8.94. The number of hydrogen-bond acceptors (Lipinski definition) is 2. The number of fused-ring (bicyclic) bond motifs is 15. The first-order valence-electron chi connectivity index (χ1n) is 14.5. The minimum absolute atomic E-state index is 0.906. The van der Waals surface area contributed by atoms with Gasteiger partial charge in [-0.1, -0.05) is 72.8 Å². The molecule has 0 unspecified atom stereocenters. The second kappa shape index (κ2) is 8.30. The SMILES string of the molecule is c1ccc(-n2c3ccccc3c3c4c5ccccc5n(-c5ccccc5)c4c4c(c5ccncc5c5nccn54)c32)cc1. The topological polar surface area (TPSA) is 40.0 Å². The zero-order valence-electron chi connectivity index (χ0n) is 23.0. The van der Waals surface area contributed by atoms with Gasteiger partial charge in [0, 0.05) is 73.9 Å². The Morgan fingerprint density at radius 2 is 1.02 bits per heavy atom. The van der Waals surface area contributed by atoms with Gasteiger partial charge in [-0.2, -0.15) is 0 Å². The summed E-state index contributed by atoms with van der Waals surface area (Å²) in [7, 11) is 0. The van der Waals surface area contributed by atoms with Gasteiger partial charge in [0.05, 0.1) is 27.6 Å². The molecule has 5 heteroatoms. The summed E-state index contributed by atoms with van der Waals surface area (Å²) in [4.78, 5) is 9.42. The average Bonchev–Trinajstić information content (AvgIpc) is 3.78. The quantitative estimate of drug-likeness (QED) is 0.202. The van der Waals surface area contributed by atoms with Crippen LogP contribution in [0.15, 0.2) is 140 Å². The van der Waals surface area contributed by atoms with Crippen LogP contribution in [0.25, 0.3) is 82.3 Å². The lowest BCUT2D eigenvalue weighted by atomic mass is 9.98. The molecule has 10 aromatic rings. The first-order valence-corrected chi connectivity index (χ1v) is 14.5. The minimum atomic E-state index is 0.906. The molecule has 200 valence electrons. The van der Waals surface area contributed by atoms with E-state index < -0.39 is 0 Å². The van der Waals surface area contributed by atoms with Crippen molar-refractivity contribution in [3.05, 3.63) is 140 Å². The Morgan fingerprint density at radius 3 is 1.70 bits per heavy atom. The second-order valence-corrected chi connectivity index (χ2v) is 11.1. The normalized spacial score (nSPS) is 12.2. The summed E-state index contributed by atoms with van der Waals surface area (Å²) in [5, 5.41) is 8.32. The van der Waals surface area contributed by atoms with Crippen LogP contribution >= 0.6 is 0 Å². The fraction of sp³-hybridized carbons (Fsp3) is 0. The number of aromatic nitrogens is 5. The first-order chi connectivity index (χ1) is 21.4. The Labute approximate surface area is 245 Å². The largest absolute Gasteiger partial charge is 0.309 e. The van der Waals surface area contributed by atoms with E-state index >= 15 is 0 Å². The number of nitrogens with zero attached hydrogens (tertiary/aromatic N) is 5. The zero-order valence-corrected chi connectivity index (χ0v) is 23.0. The predicted octanol–water partition coefficient (Wildman–Crippen LogP) is 9.23. The molecule has 0 amide bonds. The monoisotopic (exact) mass is 549 g/mol. The molecule has 0 aliphatic heterocycles. The summed E-state index contributed by atoms with van der Waals surface area (Å²) in [6, 6.07) is 41.2. The molecule has 0 saturated heterocycles. The highest BCUT2D eigenvalue weighted by Gasteiger charge is 2.27. The van der Waals surface area contributed by atoms with Gasteiger partial charge in [-0.05, 0) is 42.5 Å². The van der Waals surface area contributed by atoms with Crippen LogP contribution in [-0.4, -0.2) is 23.5 Å². The van der Waals surface area contributed by atoms with E-state index in [-0.39, 0.29) is 0 Å². The fourth-order valence-corrected chi connectivity index (χ4v) is 7.33. The van der Waals surface area contributed by atoms with Crippen molar-refractivity contribution in [2.75, 3.05) is 0 Å². The van der Waals surface area contributed by atoms with Gasteiger partial charge in [0.2, 0.25) is 0 Å². The molecule has 5 nitrogen and oxygen atoms in total. The van der Waals surface area contributed by atoms with E-state index in [0.29, 0.717) is 0 Å². The minimum Gasteiger partial charge on any atom is -0.309 e. The zero-order chi connectivity index (χ0) is 28.1. The van der Waals surface area contributed by atoms with Crippen molar-refractivity contribution in [2.24, 2.45) is 0 Å². The molecular formula is C38H23N5. The Balaban J connectivity index is 1.66. The molecule has 0 aliphatic rings. The summed E-state index contributed by atoms with van der Waals surface area (Å²) < 4.78 is 7.16. The van der Waals surface area contributed by atoms with Crippen molar-refractivity contribution in [3.63, 3.8) is 0 Å². The van der Waals surface area contributed by atoms with Gasteiger partial charge in [0.25, 0.3) is 0 Å². The van der Waals surface area contributed by atoms with Crippen LogP contribution in [0.4, 0.5) is 0 Å². The maximum atomic E-state index is 4.87. The third-order valence-corrected chi connectivity index (χ3v) is 8.94. The molecular weight excluding hydrogens is 526 g/mol. The highest BCUT2D eigenvalue weighted by Crippen LogP contribution is 2.48. The van der Waals surface area contributed by atoms with Crippen molar-refractivity contribution >= 4 is 70.9 Å². The number of benzene rings is 5. The van der Waals surface area contributed by atoms with Crippen LogP contribution in [0, 0.1) is 0 Å². The van der Waals surface area contributed by atoms with E-state index in [0.717, 1.165) is 33.3 Å². The third kappa shape index (κ3) is 2.85. The van der Waals surface area contributed by atoms with Gasteiger partial charge in [-0.25, -0.2) is 4.98 Å². The smallest absolute Gasteiger partial charge is 0.146 e. The number of pyridine rings is 2. The summed E-state index contributed by atoms with van der Waals surface area (Å²) >= 11 is 0. The Hall–Kier alpha value is -5.94. The molecule has 0 atom stereocenters. The van der Waals surface area contributed by atoms with E-state index in [2.05, 4.69) is 140 Å². The van der Waals surface area contributed by atoms with Gasteiger partial charge < -0.3 is 9.13 Å². The van der Waals surface area contributed by atoms with E-state index in [1.54, 1.807) is 0 Å². The van der Waals surface area contributed by atoms with Crippen LogP contribution < -0.4 is 0 Å². The van der Waals surface area contributed by atoms with Gasteiger partial charge in [-0.3, -0.25) is 9.38 Å². The lowest BCUT2D eigenvalue weighted by molar-refractivity contribution is 1.17. The molecule has 0 radical (unpaired) electrons. The number of rotatable bonds is 2. The summed E-state index contributed by atoms with van der Waals surface area (Å²) in [6.45, 7) is 0. The predicted molar refractivity (Wildman–Crippen MR) is 177 cm³/mol. The Morgan fingerprint density at radius 1 is 0.442 bits per heavy atom. The molecule has 0 spiro atoms. The van der Waals surface area contributed by atoms with E-state index in [9.17, 15) is 0 Å². The highest BCUT2D eigenvalue weighted by atomic mass is 15.1. The lowest BCUT2D eigenvalue weighted by Crippen LogP contribution is -2.00. The van der Waals surface area contributed by atoms with Crippen molar-refractivity contribution in [1.29, 1.82) is 0 Å². The molecule has 0 saturated carbocycles. The van der Waals surface area contributed by atoms with Crippen LogP contribution in [0.2, 0.25) is 0 Å². The van der Waals surface area contributed by atoms with Gasteiger partial charge in [0.15, 0.2) is 0 Å². The van der Waals surface area contributed by atoms with E-state index in [1.807, 2.05) is 18.6 Å². The molecule has 43 heavy (non-hydrogen) atoms. The standard InChI is InChI=1S/C38H23N5/c1-3-11-24(12-4-1)42-30-17-9-7-15-27(30)32-33-28-16-8-10-18-31(28)43(25-13-5-2-6-14-25)37(33)36-34(35(32)42)26-19-20-39-23-29(26)38-40-21-22-41(36)38/h1-23H. The lowest BCUT2D eigenvalue weighted by Gasteiger charge is -2.16. The molecule has 0 fully saturated rings. The molecule has 0 bridgehead atoms. The van der Waals surface area contributed by atoms with Gasteiger partial charge in [-0.15, -0.1) is 0 Å². The highest BCUT2D eigenvalue weighted by molar-refractivity contribution is 6.40. The van der Waals surface area contributed by atoms with Gasteiger partial charge >= 0.3 is 0 Å². The van der Waals surface area contributed by atoms with E-state index in [4.69, 9.17) is 4.98 Å². The average molecular weight is 550 g/mol. The maximum Gasteiger partial charge on any atom is 0.146 e. The summed E-state index contributed by atoms with van der Waals surface area (Å²) in [5.41, 5.74) is 9.03. The Bertz CT molecular complexity index is 2710. The number of imidazole rings is 1. The molecule has 5 aromatic carbocycles. The second-order valence-electron chi connectivity index (χ2n) is 11.1. The van der Waals surface area contributed by atoms with Crippen molar-refractivity contribution in [2.45, 2.75) is 0 Å². The maximum absolute atomic E-state index is 4.87. The fourth-order valence-electron chi connectivity index (χ4n) is 7.33. The first kappa shape index (κ1) is 22.7. The van der Waals surface area contributed by atoms with Crippen molar-refractivity contribution in [3.8, 4) is 11.4 Å². The Kier molecular flexibility index (Phi) is 4.39. The molecule has 0 N–H and O–H groups in total. The summed E-state index contributed by atoms with van der Waals surface area (Å²) in [5.74, 6) is 0. The number of hydrogen-bond donors (Lipinski definition) is 0. The number of para-hydroxylation sites is 4. The van der Waals surface area contributed by atoms with Crippen LogP contribution in [0.5, 0.6) is 0 Å². The molecule has 10 rings (SSSR count). The van der Waals surface area contributed by atoms with Gasteiger partial charge in [0.1, 0.15) is 5.65 Å². The van der Waals surface area contributed by atoms with Crippen LogP contribution in [0.1, 0.15) is 0 Å². The van der Waals surface area contributed by atoms with E-state index in [1.165, 1.54) is 49.0 Å².